The molecule has 6 nitrogen and oxygen atoms in total. The summed E-state index contributed by atoms with van der Waals surface area (Å²) in [6, 6.07) is 17.2. The number of ketones is 1. The van der Waals surface area contributed by atoms with Crippen LogP contribution in [0.4, 0.5) is 0 Å². The van der Waals surface area contributed by atoms with E-state index in [0.29, 0.717) is 30.9 Å². The minimum Gasteiger partial charge on any atom is -0.484 e. The minimum absolute atomic E-state index is 0.0317. The van der Waals surface area contributed by atoms with Crippen molar-refractivity contribution in [2.24, 2.45) is 0 Å². The van der Waals surface area contributed by atoms with Crippen molar-refractivity contribution in [2.45, 2.75) is 26.0 Å². The molecule has 1 aliphatic heterocycles. The van der Waals surface area contributed by atoms with Crippen molar-refractivity contribution in [3.05, 3.63) is 65.7 Å². The van der Waals surface area contributed by atoms with Crippen molar-refractivity contribution in [3.8, 4) is 5.75 Å². The van der Waals surface area contributed by atoms with Crippen LogP contribution < -0.4 is 10.1 Å². The third kappa shape index (κ3) is 6.69. The second-order valence-electron chi connectivity index (χ2n) is 7.11. The molecule has 0 saturated carbocycles. The van der Waals surface area contributed by atoms with Gasteiger partial charge in [0.1, 0.15) is 5.75 Å². The Bertz CT molecular complexity index is 792. The van der Waals surface area contributed by atoms with E-state index >= 15 is 0 Å². The third-order valence-electron chi connectivity index (χ3n) is 4.87. The quantitative estimate of drug-likeness (QED) is 0.660. The minimum atomic E-state index is -0.192. The highest BCUT2D eigenvalue weighted by molar-refractivity contribution is 5.95. The van der Waals surface area contributed by atoms with Crippen molar-refractivity contribution in [1.29, 1.82) is 0 Å². The molecule has 0 aromatic heterocycles. The highest BCUT2D eigenvalue weighted by Gasteiger charge is 2.21. The molecule has 1 heterocycles. The third-order valence-corrected chi connectivity index (χ3v) is 4.87. The molecule has 1 atom stereocenters. The zero-order chi connectivity index (χ0) is 20.5. The molecule has 1 amide bonds. The molecule has 0 bridgehead atoms. The second kappa shape index (κ2) is 10.7. The number of carbonyl (C=O) groups excluding carboxylic acids is 2. The van der Waals surface area contributed by atoms with Crippen LogP contribution in [0.1, 0.15) is 29.3 Å². The first-order valence-electron chi connectivity index (χ1n) is 10.0. The molecule has 0 spiro atoms. The molecular weight excluding hydrogens is 368 g/mol. The van der Waals surface area contributed by atoms with Crippen molar-refractivity contribution in [3.63, 3.8) is 0 Å². The number of nitrogens with zero attached hydrogens (tertiary/aromatic N) is 1. The van der Waals surface area contributed by atoms with Gasteiger partial charge in [-0.3, -0.25) is 14.5 Å². The zero-order valence-electron chi connectivity index (χ0n) is 16.8. The van der Waals surface area contributed by atoms with Crippen LogP contribution in [-0.2, 0) is 16.1 Å². The molecule has 1 N–H and O–H groups in total. The van der Waals surface area contributed by atoms with Gasteiger partial charge in [-0.1, -0.05) is 37.3 Å². The summed E-state index contributed by atoms with van der Waals surface area (Å²) in [5, 5.41) is 2.88. The molecule has 2 aromatic carbocycles. The highest BCUT2D eigenvalue weighted by atomic mass is 16.5. The topological polar surface area (TPSA) is 67.9 Å². The Hall–Kier alpha value is -2.70. The number of amides is 1. The number of morpholine rings is 1. The van der Waals surface area contributed by atoms with E-state index in [2.05, 4.69) is 22.3 Å². The van der Waals surface area contributed by atoms with E-state index in [0.717, 1.165) is 19.6 Å². The first kappa shape index (κ1) is 21.0. The average molecular weight is 396 g/mol. The van der Waals surface area contributed by atoms with E-state index in [1.54, 1.807) is 24.3 Å². The average Bonchev–Trinajstić information content (AvgIpc) is 2.77. The molecule has 2 aromatic rings. The Morgan fingerprint density at radius 3 is 2.62 bits per heavy atom. The van der Waals surface area contributed by atoms with Crippen LogP contribution in [-0.4, -0.2) is 55.5 Å². The monoisotopic (exact) mass is 396 g/mol. The predicted octanol–water partition coefficient (Wildman–Crippen LogP) is 2.68. The summed E-state index contributed by atoms with van der Waals surface area (Å²) < 4.78 is 11.3. The van der Waals surface area contributed by atoms with E-state index < -0.39 is 0 Å². The van der Waals surface area contributed by atoms with E-state index in [9.17, 15) is 9.59 Å². The number of hydrogen-bond donors (Lipinski definition) is 1. The second-order valence-corrected chi connectivity index (χ2v) is 7.11. The lowest BCUT2D eigenvalue weighted by Crippen LogP contribution is -2.47. The Morgan fingerprint density at radius 1 is 1.14 bits per heavy atom. The van der Waals surface area contributed by atoms with Gasteiger partial charge in [-0.05, 0) is 29.8 Å². The molecule has 1 aliphatic rings. The van der Waals surface area contributed by atoms with Crippen LogP contribution >= 0.6 is 0 Å². The van der Waals surface area contributed by atoms with Gasteiger partial charge < -0.3 is 14.8 Å². The summed E-state index contributed by atoms with van der Waals surface area (Å²) in [6.07, 6.45) is 0.435. The Labute approximate surface area is 171 Å². The molecule has 0 radical (unpaired) electrons. The summed E-state index contributed by atoms with van der Waals surface area (Å²) >= 11 is 0. The van der Waals surface area contributed by atoms with Gasteiger partial charge in [0.2, 0.25) is 0 Å². The fraction of sp³-hybridized carbons (Fsp3) is 0.391. The number of nitrogens with one attached hydrogen (secondary N) is 1. The number of rotatable bonds is 9. The van der Waals surface area contributed by atoms with Gasteiger partial charge in [0.15, 0.2) is 12.4 Å². The Morgan fingerprint density at radius 2 is 1.90 bits per heavy atom. The standard InChI is InChI=1S/C23H28N2O4/c1-2-22(26)19-8-10-20(11-9-19)29-17-23(27)24-14-21-16-25(12-13-28-21)15-18-6-4-3-5-7-18/h3-11,21H,2,12-17H2,1H3,(H,24,27)/t21-/m0/s1. The van der Waals surface area contributed by atoms with Gasteiger partial charge in [-0.15, -0.1) is 0 Å². The fourth-order valence-corrected chi connectivity index (χ4v) is 3.26. The van der Waals surface area contributed by atoms with Crippen molar-refractivity contribution in [2.75, 3.05) is 32.8 Å². The van der Waals surface area contributed by atoms with E-state index in [1.165, 1.54) is 5.56 Å². The predicted molar refractivity (Wildman–Crippen MR) is 111 cm³/mol. The number of hydrogen-bond acceptors (Lipinski definition) is 5. The Kier molecular flexibility index (Phi) is 7.78. The molecule has 0 aliphatic carbocycles. The maximum absolute atomic E-state index is 12.1. The number of benzene rings is 2. The smallest absolute Gasteiger partial charge is 0.258 e. The van der Waals surface area contributed by atoms with E-state index in [4.69, 9.17) is 9.47 Å². The van der Waals surface area contributed by atoms with Crippen molar-refractivity contribution < 1.29 is 19.1 Å². The van der Waals surface area contributed by atoms with Gasteiger partial charge >= 0.3 is 0 Å². The normalized spacial score (nSPS) is 16.9. The van der Waals surface area contributed by atoms with Gasteiger partial charge in [0.25, 0.3) is 5.91 Å². The molecule has 1 saturated heterocycles. The van der Waals surface area contributed by atoms with Gasteiger partial charge in [-0.2, -0.15) is 0 Å². The molecule has 154 valence electrons. The lowest BCUT2D eigenvalue weighted by molar-refractivity contribution is -0.124. The van der Waals surface area contributed by atoms with Crippen LogP contribution in [0.5, 0.6) is 5.75 Å². The van der Waals surface area contributed by atoms with E-state index in [1.807, 2.05) is 25.1 Å². The van der Waals surface area contributed by atoms with Crippen molar-refractivity contribution in [1.82, 2.24) is 10.2 Å². The number of ether oxygens (including phenoxy) is 2. The zero-order valence-corrected chi connectivity index (χ0v) is 16.8. The summed E-state index contributed by atoms with van der Waals surface area (Å²) in [4.78, 5) is 26.1. The largest absolute Gasteiger partial charge is 0.484 e. The summed E-state index contributed by atoms with van der Waals surface area (Å²) in [7, 11) is 0. The lowest BCUT2D eigenvalue weighted by Gasteiger charge is -2.33. The number of Topliss-reactive ketones (excluding diaryl/α,β-unsaturated/α-hetero) is 1. The molecule has 3 rings (SSSR count). The molecule has 6 heteroatoms. The van der Waals surface area contributed by atoms with Crippen LogP contribution in [0, 0.1) is 0 Å². The SMILES string of the molecule is CCC(=O)c1ccc(OCC(=O)NC[C@H]2CN(Cc3ccccc3)CCO2)cc1. The van der Waals surface area contributed by atoms with E-state index in [-0.39, 0.29) is 24.4 Å². The van der Waals surface area contributed by atoms with Crippen LogP contribution in [0.3, 0.4) is 0 Å². The summed E-state index contributed by atoms with van der Waals surface area (Å²) in [6.45, 7) is 5.43. The fourth-order valence-electron chi connectivity index (χ4n) is 3.26. The Balaban J connectivity index is 1.38. The maximum Gasteiger partial charge on any atom is 0.258 e. The first-order chi connectivity index (χ1) is 14.1. The van der Waals surface area contributed by atoms with Crippen LogP contribution in [0.2, 0.25) is 0 Å². The maximum atomic E-state index is 12.1. The van der Waals surface area contributed by atoms with Gasteiger partial charge in [0.05, 0.1) is 12.7 Å². The molecular formula is C23H28N2O4. The number of carbonyl (C=O) groups is 2. The highest BCUT2D eigenvalue weighted by Crippen LogP contribution is 2.13. The van der Waals surface area contributed by atoms with Crippen molar-refractivity contribution >= 4 is 11.7 Å². The molecule has 29 heavy (non-hydrogen) atoms. The summed E-state index contributed by atoms with van der Waals surface area (Å²) in [5.74, 6) is 0.460. The summed E-state index contributed by atoms with van der Waals surface area (Å²) in [5.41, 5.74) is 1.93. The first-order valence-corrected chi connectivity index (χ1v) is 10.0. The molecule has 1 fully saturated rings. The van der Waals surface area contributed by atoms with Crippen LogP contribution in [0.25, 0.3) is 0 Å². The van der Waals surface area contributed by atoms with Gasteiger partial charge in [-0.25, -0.2) is 0 Å². The van der Waals surface area contributed by atoms with Gasteiger partial charge in [0, 0.05) is 38.2 Å². The molecule has 0 unspecified atom stereocenters. The lowest BCUT2D eigenvalue weighted by atomic mass is 10.1. The van der Waals surface area contributed by atoms with Crippen LogP contribution in [0.15, 0.2) is 54.6 Å².